The molecule has 0 heterocycles. The van der Waals surface area contributed by atoms with Crippen molar-refractivity contribution in [1.29, 1.82) is 0 Å². The van der Waals surface area contributed by atoms with Crippen LogP contribution in [-0.4, -0.2) is 12.1 Å². The van der Waals surface area contributed by atoms with Crippen LogP contribution in [-0.2, 0) is 0 Å². The van der Waals surface area contributed by atoms with Crippen LogP contribution in [0, 0.1) is 6.92 Å². The van der Waals surface area contributed by atoms with Gasteiger partial charge in [0.05, 0.1) is 5.02 Å². The van der Waals surface area contributed by atoms with E-state index in [9.17, 15) is 0 Å². The van der Waals surface area contributed by atoms with Crippen molar-refractivity contribution in [2.24, 2.45) is 5.73 Å². The van der Waals surface area contributed by atoms with Gasteiger partial charge in [-0.1, -0.05) is 17.7 Å². The average Bonchev–Trinajstić information content (AvgIpc) is 2.56. The third-order valence-corrected chi connectivity index (χ3v) is 3.10. The van der Waals surface area contributed by atoms with Gasteiger partial charge in [0.15, 0.2) is 0 Å². The van der Waals surface area contributed by atoms with Gasteiger partial charge in [-0.15, -0.1) is 0 Å². The van der Waals surface area contributed by atoms with Gasteiger partial charge < -0.3 is 10.5 Å². The number of nitrogens with two attached hydrogens (primary N) is 1. The smallest absolute Gasteiger partial charge is 0.138 e. The fourth-order valence-corrected chi connectivity index (χ4v) is 2.24. The van der Waals surface area contributed by atoms with Crippen LogP contribution in [0.2, 0.25) is 5.02 Å². The molecule has 2 N–H and O–H groups in total. The molecule has 2 atom stereocenters. The summed E-state index contributed by atoms with van der Waals surface area (Å²) in [4.78, 5) is 0. The summed E-state index contributed by atoms with van der Waals surface area (Å²) in [6, 6.07) is 6.16. The van der Waals surface area contributed by atoms with E-state index in [2.05, 4.69) is 0 Å². The Morgan fingerprint density at radius 3 is 2.80 bits per heavy atom. The average molecular weight is 226 g/mol. The molecular weight excluding hydrogens is 210 g/mol. The second kappa shape index (κ2) is 4.42. The van der Waals surface area contributed by atoms with E-state index in [-0.39, 0.29) is 6.10 Å². The first-order valence-electron chi connectivity index (χ1n) is 5.33. The van der Waals surface area contributed by atoms with Crippen LogP contribution in [0.15, 0.2) is 18.2 Å². The van der Waals surface area contributed by atoms with E-state index in [0.717, 1.165) is 30.6 Å². The number of rotatable bonds is 2. The highest BCUT2D eigenvalue weighted by molar-refractivity contribution is 6.32. The van der Waals surface area contributed by atoms with Crippen LogP contribution < -0.4 is 10.5 Å². The molecule has 15 heavy (non-hydrogen) atoms. The summed E-state index contributed by atoms with van der Waals surface area (Å²) in [7, 11) is 0. The van der Waals surface area contributed by atoms with E-state index in [1.165, 1.54) is 0 Å². The lowest BCUT2D eigenvalue weighted by atomic mass is 10.2. The van der Waals surface area contributed by atoms with Gasteiger partial charge in [-0.05, 0) is 43.9 Å². The van der Waals surface area contributed by atoms with Gasteiger partial charge in [0, 0.05) is 6.04 Å². The quantitative estimate of drug-likeness (QED) is 0.840. The zero-order chi connectivity index (χ0) is 10.8. The summed E-state index contributed by atoms with van der Waals surface area (Å²) in [6.07, 6.45) is 3.25. The lowest BCUT2D eigenvalue weighted by Crippen LogP contribution is -2.19. The summed E-state index contributed by atoms with van der Waals surface area (Å²) in [5.41, 5.74) is 6.98. The lowest BCUT2D eigenvalue weighted by molar-refractivity contribution is 0.208. The van der Waals surface area contributed by atoms with E-state index >= 15 is 0 Å². The van der Waals surface area contributed by atoms with E-state index in [1.54, 1.807) is 0 Å². The number of hydrogen-bond donors (Lipinski definition) is 1. The van der Waals surface area contributed by atoms with E-state index in [1.807, 2.05) is 25.1 Å². The van der Waals surface area contributed by atoms with Crippen LogP contribution in [0.3, 0.4) is 0 Å². The van der Waals surface area contributed by atoms with E-state index in [4.69, 9.17) is 22.1 Å². The van der Waals surface area contributed by atoms with E-state index < -0.39 is 0 Å². The number of hydrogen-bond acceptors (Lipinski definition) is 2. The maximum Gasteiger partial charge on any atom is 0.138 e. The van der Waals surface area contributed by atoms with Crippen molar-refractivity contribution in [3.63, 3.8) is 0 Å². The molecule has 1 saturated carbocycles. The van der Waals surface area contributed by atoms with E-state index in [0.29, 0.717) is 11.1 Å². The number of aryl methyl sites for hydroxylation is 1. The van der Waals surface area contributed by atoms with Gasteiger partial charge >= 0.3 is 0 Å². The van der Waals surface area contributed by atoms with Gasteiger partial charge in [0.1, 0.15) is 11.9 Å². The Labute approximate surface area is 95.4 Å². The van der Waals surface area contributed by atoms with Crippen molar-refractivity contribution in [1.82, 2.24) is 0 Å². The number of halogens is 1. The molecule has 0 aliphatic heterocycles. The van der Waals surface area contributed by atoms with Crippen molar-refractivity contribution in [2.45, 2.75) is 38.3 Å². The van der Waals surface area contributed by atoms with Gasteiger partial charge in [0.25, 0.3) is 0 Å². The molecule has 0 radical (unpaired) electrons. The highest BCUT2D eigenvalue weighted by Gasteiger charge is 2.23. The highest BCUT2D eigenvalue weighted by atomic mass is 35.5. The molecule has 0 spiro atoms. The minimum Gasteiger partial charge on any atom is -0.489 e. The fraction of sp³-hybridized carbons (Fsp3) is 0.500. The van der Waals surface area contributed by atoms with Crippen molar-refractivity contribution < 1.29 is 4.74 Å². The minimum atomic E-state index is 0.236. The minimum absolute atomic E-state index is 0.236. The normalized spacial score (nSPS) is 25.5. The monoisotopic (exact) mass is 225 g/mol. The topological polar surface area (TPSA) is 35.2 Å². The molecule has 1 fully saturated rings. The Hall–Kier alpha value is -0.730. The largest absolute Gasteiger partial charge is 0.489 e. The SMILES string of the molecule is Cc1ccc(OC2CCC(N)C2)c(Cl)c1. The standard InChI is InChI=1S/C12H16ClNO/c1-8-2-5-12(11(13)6-8)15-10-4-3-9(14)7-10/h2,5-6,9-10H,3-4,7,14H2,1H3. The molecule has 0 aromatic heterocycles. The van der Waals surface area contributed by atoms with Gasteiger partial charge in [-0.2, -0.15) is 0 Å². The van der Waals surface area contributed by atoms with Crippen LogP contribution in [0.25, 0.3) is 0 Å². The van der Waals surface area contributed by atoms with Crippen LogP contribution in [0.5, 0.6) is 5.75 Å². The fourth-order valence-electron chi connectivity index (χ4n) is 1.96. The Morgan fingerprint density at radius 1 is 1.40 bits per heavy atom. The first kappa shape index (κ1) is 10.8. The molecule has 0 amide bonds. The van der Waals surface area contributed by atoms with Gasteiger partial charge in [-0.3, -0.25) is 0 Å². The van der Waals surface area contributed by atoms with Gasteiger partial charge in [-0.25, -0.2) is 0 Å². The zero-order valence-electron chi connectivity index (χ0n) is 8.87. The predicted molar refractivity (Wildman–Crippen MR) is 62.4 cm³/mol. The second-order valence-corrected chi connectivity index (χ2v) is 4.65. The maximum atomic E-state index is 6.09. The van der Waals surface area contributed by atoms with Crippen LogP contribution in [0.1, 0.15) is 24.8 Å². The second-order valence-electron chi connectivity index (χ2n) is 4.25. The number of ether oxygens (including phenoxy) is 1. The van der Waals surface area contributed by atoms with Crippen molar-refractivity contribution in [2.75, 3.05) is 0 Å². The summed E-state index contributed by atoms with van der Waals surface area (Å²) in [5.74, 6) is 0.779. The molecule has 0 bridgehead atoms. The summed E-state index contributed by atoms with van der Waals surface area (Å²) in [5, 5.41) is 0.690. The Morgan fingerprint density at radius 2 is 2.20 bits per heavy atom. The molecule has 3 heteroatoms. The first-order chi connectivity index (χ1) is 7.15. The molecule has 1 aliphatic carbocycles. The molecule has 1 aromatic carbocycles. The highest BCUT2D eigenvalue weighted by Crippen LogP contribution is 2.29. The molecule has 0 saturated heterocycles. The Kier molecular flexibility index (Phi) is 3.17. The number of benzene rings is 1. The van der Waals surface area contributed by atoms with Crippen molar-refractivity contribution in [3.8, 4) is 5.75 Å². The van der Waals surface area contributed by atoms with Gasteiger partial charge in [0.2, 0.25) is 0 Å². The van der Waals surface area contributed by atoms with Crippen molar-refractivity contribution in [3.05, 3.63) is 28.8 Å². The molecular formula is C12H16ClNO. The molecule has 2 rings (SSSR count). The summed E-state index contributed by atoms with van der Waals surface area (Å²) in [6.45, 7) is 2.02. The third kappa shape index (κ3) is 2.64. The predicted octanol–water partition coefficient (Wildman–Crippen LogP) is 2.91. The first-order valence-corrected chi connectivity index (χ1v) is 5.71. The molecule has 1 aliphatic rings. The van der Waals surface area contributed by atoms with Crippen molar-refractivity contribution >= 4 is 11.6 Å². The lowest BCUT2D eigenvalue weighted by Gasteiger charge is -2.14. The Bertz CT molecular complexity index is 353. The molecule has 1 aromatic rings. The third-order valence-electron chi connectivity index (χ3n) is 2.81. The zero-order valence-corrected chi connectivity index (χ0v) is 9.63. The molecule has 2 unspecified atom stereocenters. The van der Waals surface area contributed by atoms with Crippen LogP contribution in [0.4, 0.5) is 0 Å². The molecule has 82 valence electrons. The summed E-state index contributed by atoms with van der Waals surface area (Å²) < 4.78 is 5.82. The molecule has 2 nitrogen and oxygen atoms in total. The Balaban J connectivity index is 2.04. The summed E-state index contributed by atoms with van der Waals surface area (Å²) >= 11 is 6.09. The van der Waals surface area contributed by atoms with Crippen LogP contribution >= 0.6 is 11.6 Å². The maximum absolute atomic E-state index is 6.09.